The second-order valence-electron chi connectivity index (χ2n) is 7.33. The number of hydrogen-bond acceptors (Lipinski definition) is 6. The van der Waals surface area contributed by atoms with Gasteiger partial charge in [0.1, 0.15) is 6.54 Å². The first-order chi connectivity index (χ1) is 13.6. The van der Waals surface area contributed by atoms with Gasteiger partial charge in [-0.05, 0) is 38.8 Å². The first-order valence-electron chi connectivity index (χ1n) is 9.65. The molecule has 1 saturated heterocycles. The van der Waals surface area contributed by atoms with Gasteiger partial charge >= 0.3 is 5.97 Å². The number of hydrogen-bond donors (Lipinski definition) is 1. The van der Waals surface area contributed by atoms with Crippen molar-refractivity contribution in [3.8, 4) is 0 Å². The summed E-state index contributed by atoms with van der Waals surface area (Å²) in [7, 11) is -3.14. The van der Waals surface area contributed by atoms with Gasteiger partial charge in [-0.2, -0.15) is 0 Å². The smallest absolute Gasteiger partial charge is 0.325 e. The van der Waals surface area contributed by atoms with Gasteiger partial charge in [-0.25, -0.2) is 8.42 Å². The zero-order valence-corrected chi connectivity index (χ0v) is 17.8. The summed E-state index contributed by atoms with van der Waals surface area (Å²) in [5, 5.41) is 2.46. The summed E-state index contributed by atoms with van der Waals surface area (Å²) in [4.78, 5) is 38.1. The van der Waals surface area contributed by atoms with Gasteiger partial charge in [0.05, 0.1) is 11.5 Å². The lowest BCUT2D eigenvalue weighted by atomic mass is 10.1. The third-order valence-corrected chi connectivity index (χ3v) is 6.74. The second-order valence-corrected chi connectivity index (χ2v) is 9.56. The van der Waals surface area contributed by atoms with E-state index in [1.54, 1.807) is 18.2 Å². The van der Waals surface area contributed by atoms with Crippen molar-refractivity contribution >= 4 is 27.6 Å². The van der Waals surface area contributed by atoms with Crippen LogP contribution in [-0.2, 0) is 24.2 Å². The molecule has 1 N–H and O–H groups in total. The minimum Gasteiger partial charge on any atom is -0.454 e. The van der Waals surface area contributed by atoms with Crippen molar-refractivity contribution < 1.29 is 27.5 Å². The minimum absolute atomic E-state index is 0.0582. The summed E-state index contributed by atoms with van der Waals surface area (Å²) in [6.45, 7) is 4.75. The van der Waals surface area contributed by atoms with Crippen molar-refractivity contribution in [2.24, 2.45) is 0 Å². The van der Waals surface area contributed by atoms with Crippen molar-refractivity contribution in [2.75, 3.05) is 24.7 Å². The number of ether oxygens (including phenoxy) is 1. The highest BCUT2D eigenvalue weighted by atomic mass is 32.2. The van der Waals surface area contributed by atoms with Crippen LogP contribution in [0.2, 0.25) is 0 Å². The summed E-state index contributed by atoms with van der Waals surface area (Å²) >= 11 is 0. The maximum atomic E-state index is 12.6. The summed E-state index contributed by atoms with van der Waals surface area (Å²) in [6, 6.07) is 6.37. The highest BCUT2D eigenvalue weighted by molar-refractivity contribution is 7.91. The Morgan fingerprint density at radius 2 is 2.03 bits per heavy atom. The molecule has 2 rings (SSSR count). The summed E-state index contributed by atoms with van der Waals surface area (Å²) < 4.78 is 28.5. The number of nitrogens with zero attached hydrogens (tertiary/aromatic N) is 1. The zero-order chi connectivity index (χ0) is 21.6. The van der Waals surface area contributed by atoms with Gasteiger partial charge in [0.25, 0.3) is 11.8 Å². The third kappa shape index (κ3) is 6.56. The number of carbonyl (C=O) groups is 3. The average molecular weight is 425 g/mol. The lowest BCUT2D eigenvalue weighted by Crippen LogP contribution is -2.48. The van der Waals surface area contributed by atoms with E-state index in [1.807, 2.05) is 26.8 Å². The van der Waals surface area contributed by atoms with E-state index in [-0.39, 0.29) is 24.1 Å². The van der Waals surface area contributed by atoms with E-state index in [4.69, 9.17) is 4.74 Å². The number of nitrogens with one attached hydrogen (secondary N) is 1. The van der Waals surface area contributed by atoms with Crippen molar-refractivity contribution in [1.29, 1.82) is 0 Å². The molecule has 1 aliphatic rings. The fraction of sp³-hybridized carbons (Fsp3) is 0.550. The molecular formula is C20H28N2O6S. The number of aryl methyl sites for hydroxylation is 1. The van der Waals surface area contributed by atoms with E-state index in [0.717, 1.165) is 5.56 Å². The van der Waals surface area contributed by atoms with E-state index in [0.29, 0.717) is 18.4 Å². The largest absolute Gasteiger partial charge is 0.454 e. The Morgan fingerprint density at radius 1 is 1.31 bits per heavy atom. The first-order valence-corrected chi connectivity index (χ1v) is 11.5. The van der Waals surface area contributed by atoms with Crippen LogP contribution in [0.25, 0.3) is 0 Å². The molecule has 0 aromatic heterocycles. The van der Waals surface area contributed by atoms with Crippen molar-refractivity contribution in [2.45, 2.75) is 45.7 Å². The van der Waals surface area contributed by atoms with Gasteiger partial charge in [-0.3, -0.25) is 14.4 Å². The molecule has 0 radical (unpaired) electrons. The lowest BCUT2D eigenvalue weighted by Gasteiger charge is -2.33. The van der Waals surface area contributed by atoms with Crippen molar-refractivity contribution in [3.05, 3.63) is 35.4 Å². The highest BCUT2D eigenvalue weighted by Gasteiger charge is 2.36. The number of esters is 1. The fourth-order valence-corrected chi connectivity index (χ4v) is 5.02. The molecule has 0 saturated carbocycles. The average Bonchev–Trinajstić information content (AvgIpc) is 3.03. The van der Waals surface area contributed by atoms with Crippen LogP contribution in [0.1, 0.15) is 42.6 Å². The molecule has 2 atom stereocenters. The predicted octanol–water partition coefficient (Wildman–Crippen LogP) is 1.08. The molecular weight excluding hydrogens is 396 g/mol. The summed E-state index contributed by atoms with van der Waals surface area (Å²) in [5.74, 6) is -1.58. The quantitative estimate of drug-likeness (QED) is 0.626. The molecule has 0 spiro atoms. The Labute approximate surface area is 171 Å². The Bertz CT molecular complexity index is 867. The molecule has 1 aromatic carbocycles. The number of rotatable bonds is 8. The topological polar surface area (TPSA) is 110 Å². The predicted molar refractivity (Wildman–Crippen MR) is 108 cm³/mol. The molecule has 160 valence electrons. The molecule has 9 heteroatoms. The number of benzene rings is 1. The molecule has 29 heavy (non-hydrogen) atoms. The molecule has 2 amide bonds. The number of amides is 2. The molecule has 1 heterocycles. The van der Waals surface area contributed by atoms with Crippen LogP contribution in [0.5, 0.6) is 0 Å². The van der Waals surface area contributed by atoms with Gasteiger partial charge in [0.2, 0.25) is 0 Å². The van der Waals surface area contributed by atoms with Gasteiger partial charge in [-0.15, -0.1) is 0 Å². The Balaban J connectivity index is 1.87. The van der Waals surface area contributed by atoms with E-state index >= 15 is 0 Å². The maximum Gasteiger partial charge on any atom is 0.325 e. The molecule has 1 fully saturated rings. The zero-order valence-electron chi connectivity index (χ0n) is 17.0. The fourth-order valence-electron chi connectivity index (χ4n) is 3.31. The Kier molecular flexibility index (Phi) is 7.78. The normalized spacial score (nSPS) is 18.7. The molecule has 0 aliphatic carbocycles. The summed E-state index contributed by atoms with van der Waals surface area (Å²) in [5.41, 5.74) is 1.35. The molecule has 0 unspecified atom stereocenters. The number of carbonyl (C=O) groups excluding carboxylic acids is 3. The highest BCUT2D eigenvalue weighted by Crippen LogP contribution is 2.21. The SMILES string of the molecule is CC[C@H](C)N(C(=O)COC(=O)CNC(=O)c1cccc(C)c1)[C@@H]1CCS(=O)(=O)C1. The van der Waals surface area contributed by atoms with Gasteiger partial charge in [0.15, 0.2) is 16.4 Å². The van der Waals surface area contributed by atoms with Crippen LogP contribution in [0.4, 0.5) is 0 Å². The Morgan fingerprint density at radius 3 is 2.62 bits per heavy atom. The molecule has 0 bridgehead atoms. The first kappa shape index (κ1) is 22.9. The van der Waals surface area contributed by atoms with Crippen molar-refractivity contribution in [1.82, 2.24) is 10.2 Å². The molecule has 8 nitrogen and oxygen atoms in total. The van der Waals surface area contributed by atoms with Crippen LogP contribution < -0.4 is 5.32 Å². The van der Waals surface area contributed by atoms with E-state index in [1.165, 1.54) is 4.90 Å². The van der Waals surface area contributed by atoms with Gasteiger partial charge < -0.3 is 15.0 Å². The van der Waals surface area contributed by atoms with Crippen LogP contribution in [-0.4, -0.2) is 67.8 Å². The molecule has 1 aliphatic heterocycles. The third-order valence-electron chi connectivity index (χ3n) is 4.99. The van der Waals surface area contributed by atoms with Crippen LogP contribution in [0, 0.1) is 6.92 Å². The van der Waals surface area contributed by atoms with E-state index in [2.05, 4.69) is 5.32 Å². The van der Waals surface area contributed by atoms with E-state index < -0.39 is 40.3 Å². The van der Waals surface area contributed by atoms with Crippen LogP contribution in [0.15, 0.2) is 24.3 Å². The minimum atomic E-state index is -3.14. The number of sulfone groups is 1. The Hall–Kier alpha value is -2.42. The van der Waals surface area contributed by atoms with Gasteiger partial charge in [0, 0.05) is 17.6 Å². The van der Waals surface area contributed by atoms with Crippen LogP contribution >= 0.6 is 0 Å². The van der Waals surface area contributed by atoms with Gasteiger partial charge in [-0.1, -0.05) is 24.6 Å². The maximum absolute atomic E-state index is 12.6. The lowest BCUT2D eigenvalue weighted by molar-refractivity contribution is -0.153. The standard InChI is InChI=1S/C20H28N2O6S/c1-4-15(3)22(17-8-9-29(26,27)13-17)18(23)12-28-19(24)11-21-20(25)16-7-5-6-14(2)10-16/h5-7,10,15,17H,4,8-9,11-13H2,1-3H3,(H,21,25)/t15-,17+/m0/s1. The van der Waals surface area contributed by atoms with Crippen molar-refractivity contribution in [3.63, 3.8) is 0 Å². The van der Waals surface area contributed by atoms with Crippen LogP contribution in [0.3, 0.4) is 0 Å². The molecule has 1 aromatic rings. The second kappa shape index (κ2) is 9.87. The monoisotopic (exact) mass is 424 g/mol. The van der Waals surface area contributed by atoms with E-state index in [9.17, 15) is 22.8 Å². The summed E-state index contributed by atoms with van der Waals surface area (Å²) in [6.07, 6.45) is 1.04.